The molecule has 3 heteroatoms. The van der Waals surface area contributed by atoms with Crippen LogP contribution in [0.4, 0.5) is 5.69 Å². The topological polar surface area (TPSA) is 55.5 Å². The maximum absolute atomic E-state index is 10.6. The zero-order valence-corrected chi connectivity index (χ0v) is 9.65. The summed E-state index contributed by atoms with van der Waals surface area (Å²) >= 11 is 0. The van der Waals surface area contributed by atoms with Gasteiger partial charge in [0.2, 0.25) is 0 Å². The van der Waals surface area contributed by atoms with Gasteiger partial charge in [0.05, 0.1) is 12.2 Å². The first-order chi connectivity index (χ1) is 7.60. The first-order valence-corrected chi connectivity index (χ1v) is 5.77. The molecule has 1 aromatic rings. The van der Waals surface area contributed by atoms with Crippen LogP contribution in [0.15, 0.2) is 24.3 Å². The number of aliphatic hydroxyl groups is 1. The number of ether oxygens (including phenoxy) is 1. The van der Waals surface area contributed by atoms with E-state index in [1.54, 1.807) is 0 Å². The van der Waals surface area contributed by atoms with E-state index in [0.29, 0.717) is 6.61 Å². The molecule has 1 aliphatic rings. The van der Waals surface area contributed by atoms with Gasteiger partial charge >= 0.3 is 0 Å². The molecule has 0 amide bonds. The molecule has 3 nitrogen and oxygen atoms in total. The highest BCUT2D eigenvalue weighted by Crippen LogP contribution is 2.34. The molecule has 88 valence electrons. The molecule has 16 heavy (non-hydrogen) atoms. The Labute approximate surface area is 96.2 Å². The molecule has 1 saturated heterocycles. The maximum atomic E-state index is 10.6. The summed E-state index contributed by atoms with van der Waals surface area (Å²) in [6.07, 6.45) is 2.03. The molecule has 0 spiro atoms. The lowest BCUT2D eigenvalue weighted by Crippen LogP contribution is -2.37. The van der Waals surface area contributed by atoms with Gasteiger partial charge in [-0.25, -0.2) is 0 Å². The van der Waals surface area contributed by atoms with E-state index in [2.05, 4.69) is 0 Å². The second-order valence-electron chi connectivity index (χ2n) is 4.68. The number of hydrogen-bond acceptors (Lipinski definition) is 3. The predicted octanol–water partition coefficient (Wildman–Crippen LogP) is 1.90. The second kappa shape index (κ2) is 4.44. The molecule has 2 rings (SSSR count). The highest BCUT2D eigenvalue weighted by Gasteiger charge is 2.34. The molecule has 0 saturated carbocycles. The van der Waals surface area contributed by atoms with Crippen molar-refractivity contribution < 1.29 is 9.84 Å². The lowest BCUT2D eigenvalue weighted by Gasteiger charge is -2.35. The standard InChI is InChI=1S/C13H19NO2/c1-13(15,11-3-2-8-16-9-11)10-4-6-12(14)7-5-10/h4-7,11,15H,2-3,8-9,14H2,1H3. The molecule has 1 fully saturated rings. The zero-order chi connectivity index (χ0) is 11.6. The molecular formula is C13H19NO2. The molecule has 0 bridgehead atoms. The van der Waals surface area contributed by atoms with E-state index in [1.807, 2.05) is 31.2 Å². The molecule has 2 unspecified atom stereocenters. The molecule has 1 aliphatic heterocycles. The van der Waals surface area contributed by atoms with Gasteiger partial charge in [0.1, 0.15) is 0 Å². The Balaban J connectivity index is 2.19. The molecule has 1 aromatic carbocycles. The maximum Gasteiger partial charge on any atom is 0.0918 e. The van der Waals surface area contributed by atoms with Gasteiger partial charge in [-0.1, -0.05) is 12.1 Å². The van der Waals surface area contributed by atoms with Crippen molar-refractivity contribution in [2.24, 2.45) is 5.92 Å². The van der Waals surface area contributed by atoms with Gasteiger partial charge < -0.3 is 15.6 Å². The first kappa shape index (κ1) is 11.4. The van der Waals surface area contributed by atoms with Crippen LogP contribution >= 0.6 is 0 Å². The Morgan fingerprint density at radius 3 is 2.62 bits per heavy atom. The Bertz CT molecular complexity index is 339. The quantitative estimate of drug-likeness (QED) is 0.750. The number of rotatable bonds is 2. The van der Waals surface area contributed by atoms with Crippen LogP contribution in [-0.2, 0) is 10.3 Å². The monoisotopic (exact) mass is 221 g/mol. The SMILES string of the molecule is CC(O)(c1ccc(N)cc1)C1CCCOC1. The summed E-state index contributed by atoms with van der Waals surface area (Å²) in [5.41, 5.74) is 6.45. The van der Waals surface area contributed by atoms with Crippen molar-refractivity contribution in [2.75, 3.05) is 18.9 Å². The summed E-state index contributed by atoms with van der Waals surface area (Å²) in [7, 11) is 0. The molecule has 3 N–H and O–H groups in total. The minimum absolute atomic E-state index is 0.171. The fourth-order valence-electron chi connectivity index (χ4n) is 2.24. The van der Waals surface area contributed by atoms with Gasteiger partial charge in [-0.05, 0) is 37.5 Å². The van der Waals surface area contributed by atoms with Crippen LogP contribution in [0.3, 0.4) is 0 Å². The minimum Gasteiger partial charge on any atom is -0.399 e. The van der Waals surface area contributed by atoms with E-state index < -0.39 is 5.60 Å². The molecule has 1 heterocycles. The van der Waals surface area contributed by atoms with E-state index in [-0.39, 0.29) is 5.92 Å². The molecule has 0 aromatic heterocycles. The van der Waals surface area contributed by atoms with Crippen molar-refractivity contribution in [1.29, 1.82) is 0 Å². The third kappa shape index (κ3) is 2.20. The van der Waals surface area contributed by atoms with Crippen LogP contribution in [0, 0.1) is 5.92 Å². The van der Waals surface area contributed by atoms with Gasteiger partial charge in [0, 0.05) is 18.2 Å². The van der Waals surface area contributed by atoms with Gasteiger partial charge in [0.15, 0.2) is 0 Å². The van der Waals surface area contributed by atoms with Crippen molar-refractivity contribution >= 4 is 5.69 Å². The van der Waals surface area contributed by atoms with E-state index in [4.69, 9.17) is 10.5 Å². The fourth-order valence-corrected chi connectivity index (χ4v) is 2.24. The fraction of sp³-hybridized carbons (Fsp3) is 0.538. The number of anilines is 1. The van der Waals surface area contributed by atoms with Gasteiger partial charge in [-0.2, -0.15) is 0 Å². The van der Waals surface area contributed by atoms with E-state index in [9.17, 15) is 5.11 Å². The third-order valence-electron chi connectivity index (χ3n) is 3.45. The van der Waals surface area contributed by atoms with Crippen LogP contribution in [0.2, 0.25) is 0 Å². The van der Waals surface area contributed by atoms with E-state index in [0.717, 1.165) is 30.7 Å². The Kier molecular flexibility index (Phi) is 3.17. The summed E-state index contributed by atoms with van der Waals surface area (Å²) in [4.78, 5) is 0. The minimum atomic E-state index is -0.825. The van der Waals surface area contributed by atoms with Crippen molar-refractivity contribution in [3.63, 3.8) is 0 Å². The van der Waals surface area contributed by atoms with Crippen molar-refractivity contribution in [2.45, 2.75) is 25.4 Å². The van der Waals surface area contributed by atoms with E-state index >= 15 is 0 Å². The normalized spacial score (nSPS) is 25.0. The lowest BCUT2D eigenvalue weighted by atomic mass is 9.80. The van der Waals surface area contributed by atoms with Crippen LogP contribution in [0.1, 0.15) is 25.3 Å². The number of benzene rings is 1. The van der Waals surface area contributed by atoms with Crippen LogP contribution in [0.5, 0.6) is 0 Å². The Morgan fingerprint density at radius 2 is 2.06 bits per heavy atom. The highest BCUT2D eigenvalue weighted by molar-refractivity contribution is 5.40. The van der Waals surface area contributed by atoms with E-state index in [1.165, 1.54) is 0 Å². The van der Waals surface area contributed by atoms with Crippen molar-refractivity contribution in [3.05, 3.63) is 29.8 Å². The summed E-state index contributed by atoms with van der Waals surface area (Å²) in [6.45, 7) is 3.31. The van der Waals surface area contributed by atoms with Gasteiger partial charge in [0.25, 0.3) is 0 Å². The third-order valence-corrected chi connectivity index (χ3v) is 3.45. The van der Waals surface area contributed by atoms with Gasteiger partial charge in [-0.15, -0.1) is 0 Å². The second-order valence-corrected chi connectivity index (χ2v) is 4.68. The summed E-state index contributed by atoms with van der Waals surface area (Å²) in [5, 5.41) is 10.6. The number of nitrogen functional groups attached to an aromatic ring is 1. The zero-order valence-electron chi connectivity index (χ0n) is 9.65. The first-order valence-electron chi connectivity index (χ1n) is 5.77. The smallest absolute Gasteiger partial charge is 0.0918 e. The van der Waals surface area contributed by atoms with Crippen LogP contribution in [-0.4, -0.2) is 18.3 Å². The predicted molar refractivity (Wildman–Crippen MR) is 64.0 cm³/mol. The Morgan fingerprint density at radius 1 is 1.38 bits per heavy atom. The number of hydrogen-bond donors (Lipinski definition) is 2. The van der Waals surface area contributed by atoms with Gasteiger partial charge in [-0.3, -0.25) is 0 Å². The molecule has 0 radical (unpaired) electrons. The van der Waals surface area contributed by atoms with Crippen molar-refractivity contribution in [1.82, 2.24) is 0 Å². The lowest BCUT2D eigenvalue weighted by molar-refractivity contribution is -0.0723. The van der Waals surface area contributed by atoms with Crippen LogP contribution < -0.4 is 5.73 Å². The highest BCUT2D eigenvalue weighted by atomic mass is 16.5. The average molecular weight is 221 g/mol. The van der Waals surface area contributed by atoms with Crippen molar-refractivity contribution in [3.8, 4) is 0 Å². The summed E-state index contributed by atoms with van der Waals surface area (Å²) in [5.74, 6) is 0.171. The largest absolute Gasteiger partial charge is 0.399 e. The Hall–Kier alpha value is -1.06. The number of nitrogens with two attached hydrogens (primary N) is 1. The molecule has 2 atom stereocenters. The van der Waals surface area contributed by atoms with Crippen LogP contribution in [0.25, 0.3) is 0 Å². The summed E-state index contributed by atoms with van der Waals surface area (Å²) in [6, 6.07) is 7.44. The molecule has 0 aliphatic carbocycles. The summed E-state index contributed by atoms with van der Waals surface area (Å²) < 4.78 is 5.43. The molecular weight excluding hydrogens is 202 g/mol. The average Bonchev–Trinajstić information content (AvgIpc) is 2.31.